The number of pyridine rings is 6. The summed E-state index contributed by atoms with van der Waals surface area (Å²) in [7, 11) is -11.2. The molecule has 0 radical (unpaired) electrons. The molecule has 8 aromatic carbocycles. The number of nitrogens with zero attached hydrogens (tertiary/aromatic N) is 8. The van der Waals surface area contributed by atoms with E-state index in [2.05, 4.69) is 141 Å². The molecule has 0 bridgehead atoms. The number of nitrogens with one attached hydrogen (secondary N) is 9. The number of benzene rings is 8. The van der Waals surface area contributed by atoms with Crippen LogP contribution in [0.5, 0.6) is 0 Å². The lowest BCUT2D eigenvalue weighted by molar-refractivity contribution is 0.273. The summed E-state index contributed by atoms with van der Waals surface area (Å²) in [5.41, 5.74) is 22.7. The maximum absolute atomic E-state index is 12.3. The molecule has 0 atom stereocenters. The number of para-hydroxylation sites is 1. The van der Waals surface area contributed by atoms with Gasteiger partial charge in [0.1, 0.15) is 82.4 Å². The minimum absolute atomic E-state index is 0.167. The smallest absolute Gasteiger partial charge is 0.157 e. The lowest BCUT2D eigenvalue weighted by Gasteiger charge is -2.21. The molecule has 24 nitrogen and oxygen atoms in total. The summed E-state index contributed by atoms with van der Waals surface area (Å²) in [4.78, 5) is 37.0. The number of fused-ring (bicyclic) bond motifs is 9. The van der Waals surface area contributed by atoms with Crippen molar-refractivity contribution >= 4 is 224 Å². The van der Waals surface area contributed by atoms with Crippen molar-refractivity contribution in [1.82, 2.24) is 44.9 Å². The fourth-order valence-corrected chi connectivity index (χ4v) is 23.2. The number of furan rings is 1. The van der Waals surface area contributed by atoms with Crippen molar-refractivity contribution in [2.45, 2.75) is 90.3 Å². The maximum Gasteiger partial charge on any atom is 0.157 e. The van der Waals surface area contributed by atoms with Gasteiger partial charge in [-0.3, -0.25) is 4.98 Å². The Morgan fingerprint density at radius 1 is 0.471 bits per heavy atom. The predicted molar refractivity (Wildman–Crippen MR) is 585 cm³/mol. The molecule has 1 aliphatic heterocycles. The molecule has 18 aromatic rings. The second kappa shape index (κ2) is 42.5. The molecule has 1 saturated heterocycles. The highest BCUT2D eigenvalue weighted by atomic mass is 32.1. The normalized spacial score (nSPS) is 13.6. The van der Waals surface area contributed by atoms with Crippen LogP contribution in [0.15, 0.2) is 271 Å². The average molecular weight is 1970 g/mol. The van der Waals surface area contributed by atoms with Gasteiger partial charge >= 0.3 is 0 Å². The quantitative estimate of drug-likeness (QED) is 0.0198. The average Bonchev–Trinajstić information content (AvgIpc) is 1.72. The van der Waals surface area contributed by atoms with Crippen molar-refractivity contribution in [2.75, 3.05) is 122 Å². The van der Waals surface area contributed by atoms with Gasteiger partial charge in [-0.25, -0.2) is 34.9 Å². The number of thiophene rings is 2. The largest absolute Gasteiger partial charge is 0.472 e. The van der Waals surface area contributed by atoms with Crippen LogP contribution in [0.25, 0.3) is 75.9 Å². The summed E-state index contributed by atoms with van der Waals surface area (Å²) < 4.78 is 67.4. The van der Waals surface area contributed by atoms with Crippen LogP contribution in [0.4, 0.5) is 74.6 Å². The van der Waals surface area contributed by atoms with Crippen LogP contribution < -0.4 is 69.2 Å². The van der Waals surface area contributed by atoms with Crippen LogP contribution >= 0.6 is 58.4 Å². The van der Waals surface area contributed by atoms with E-state index in [1.165, 1.54) is 94.9 Å². The van der Waals surface area contributed by atoms with Gasteiger partial charge in [-0.05, 0) is 292 Å². The molecule has 0 amide bonds. The van der Waals surface area contributed by atoms with Gasteiger partial charge in [0, 0.05) is 148 Å². The van der Waals surface area contributed by atoms with Gasteiger partial charge in [-0.15, -0.1) is 22.7 Å². The van der Waals surface area contributed by atoms with E-state index < -0.39 is 35.7 Å². The first-order valence-electron chi connectivity index (χ1n) is 46.4. The highest BCUT2D eigenvalue weighted by molar-refractivity contribution is 7.71. The molecule has 0 spiro atoms. The summed E-state index contributed by atoms with van der Waals surface area (Å²) in [5.74, 6) is 4.39. The first kappa shape index (κ1) is 97.2. The Morgan fingerprint density at radius 2 is 1.02 bits per heavy atom. The number of aryl methyl sites for hydroxylation is 2. The first-order valence-corrected chi connectivity index (χ1v) is 61.2. The highest BCUT2D eigenvalue weighted by Crippen LogP contribution is 2.44. The number of hydrogen-bond acceptors (Lipinski definition) is 25. The van der Waals surface area contributed by atoms with Crippen LogP contribution in [0.2, 0.25) is 0 Å². The fourth-order valence-electron chi connectivity index (χ4n) is 17.2. The zero-order chi connectivity index (χ0) is 96.5. The number of imidazole rings is 1. The van der Waals surface area contributed by atoms with Gasteiger partial charge in [0.2, 0.25) is 0 Å². The van der Waals surface area contributed by atoms with E-state index in [1.807, 2.05) is 170 Å². The molecule has 2 aliphatic carbocycles. The van der Waals surface area contributed by atoms with Gasteiger partial charge in [0.25, 0.3) is 0 Å². The van der Waals surface area contributed by atoms with Crippen LogP contribution in [0.1, 0.15) is 78.9 Å². The molecule has 21 rings (SSSR count). The first-order chi connectivity index (χ1) is 66.3. The molecule has 2 fully saturated rings. The third-order valence-corrected chi connectivity index (χ3v) is 34.0. The predicted octanol–water partition coefficient (Wildman–Crippen LogP) is 25.9. The number of rotatable bonds is 24. The molecular formula is C107H116N17O7P5S2. The maximum atomic E-state index is 12.3. The minimum Gasteiger partial charge on any atom is -0.472 e. The number of aliphatic hydroxyl groups is 1. The summed E-state index contributed by atoms with van der Waals surface area (Å²) in [6.07, 6.45) is 19.1. The van der Waals surface area contributed by atoms with Gasteiger partial charge < -0.3 is 80.0 Å². The summed E-state index contributed by atoms with van der Waals surface area (Å²) in [5, 5.41) is 50.2. The Kier molecular flexibility index (Phi) is 29.9. The Morgan fingerprint density at radius 3 is 1.61 bits per heavy atom. The van der Waals surface area contributed by atoms with Crippen LogP contribution in [-0.2, 0) is 48.8 Å². The van der Waals surface area contributed by atoms with Gasteiger partial charge in [0.15, 0.2) is 5.82 Å². The lowest BCUT2D eigenvalue weighted by Crippen LogP contribution is -2.26. The van der Waals surface area contributed by atoms with E-state index in [9.17, 15) is 27.9 Å². The van der Waals surface area contributed by atoms with Gasteiger partial charge in [-0.2, -0.15) is 0 Å². The van der Waals surface area contributed by atoms with Crippen molar-refractivity contribution < 1.29 is 32.3 Å². The van der Waals surface area contributed by atoms with E-state index in [1.54, 1.807) is 114 Å². The molecule has 708 valence electrons. The topological polar surface area (TPSA) is 324 Å². The number of aromatic nitrogens is 8. The van der Waals surface area contributed by atoms with E-state index in [0.717, 1.165) is 175 Å². The Balaban J connectivity index is 0.000000120. The molecule has 10 N–H and O–H groups in total. The number of anilines is 13. The van der Waals surface area contributed by atoms with Gasteiger partial charge in [0.05, 0.1) is 62.6 Å². The summed E-state index contributed by atoms with van der Waals surface area (Å²) >= 11 is 3.41. The van der Waals surface area contributed by atoms with Gasteiger partial charge in [-0.1, -0.05) is 85.6 Å². The minimum atomic E-state index is -2.28. The monoisotopic (exact) mass is 1970 g/mol. The molecule has 0 unspecified atom stereocenters. The Bertz CT molecular complexity index is 7620. The highest BCUT2D eigenvalue weighted by Gasteiger charge is 2.25. The molecule has 138 heavy (non-hydrogen) atoms. The van der Waals surface area contributed by atoms with E-state index in [-0.39, 0.29) is 6.61 Å². The number of aliphatic hydroxyl groups excluding tert-OH is 1. The van der Waals surface area contributed by atoms with Crippen molar-refractivity contribution in [2.24, 2.45) is 0 Å². The van der Waals surface area contributed by atoms with Crippen molar-refractivity contribution in [3.8, 4) is 11.1 Å². The van der Waals surface area contributed by atoms with Crippen LogP contribution in [-0.4, -0.2) is 136 Å². The van der Waals surface area contributed by atoms with E-state index in [4.69, 9.17) is 29.3 Å². The molecule has 31 heteroatoms. The molecular weight excluding hydrogens is 1850 g/mol. The lowest BCUT2D eigenvalue weighted by atomic mass is 9.90. The number of aromatic amines is 1. The Hall–Kier alpha value is -12.4. The standard InChI is InChI=1S/C25H27N4OP.C21H21N4OPS.C21H26N3OPS.C21H23N2O2P.C19H19N4O2P/c1-31(2,30)20-12-10-19(11-13-20)26-24-17-23(28-29-15-5-6-16-29)25-21-8-4-3-7-18(21)9-14-22(25)27-24;1-14-11-18-21(28-14)19(23-16-5-4-10-22-13-16)12-20(25-18)24-15-6-8-17(9-7-15)27(2,3)26;1-26(2,25)17-9-7-15(8-10-17)12-22-21-11-19(23-16-5-3-4-6-16)18-13-27-14-20(18)24-21;1-26(2,24)17-9-7-16(8-10-17)22-21-13-19(15-11-12-25-14-15)18-5-3-4-6-20(18)23-21;1-26(2,25)13-9-7-12(8-10-13)20-19-18-17(22-16(11-24)23-18)14-5-3-4-6-15(14)21-19/h3-4,7-14,17H,5-6,15-16H2,1-2H3,(H2,26,27,28);4-13H,1-3H3,(H2,23,24,25);7-11,13-14,16,23H,3-6,12H2,1-2H3,(H,22,24);7-14H,3-6H2,1-2H3,(H,22,23);3-10,24H,11H2,1-2H3,(H,20,21)(H,22,23). The zero-order valence-corrected chi connectivity index (χ0v) is 85.5. The third kappa shape index (κ3) is 24.5. The number of hydrogen-bond donors (Lipinski definition) is 10. The second-order valence-corrected chi connectivity index (χ2v) is 55.2. The van der Waals surface area contributed by atoms with Crippen LogP contribution in [0.3, 0.4) is 0 Å². The zero-order valence-electron chi connectivity index (χ0n) is 79.4. The molecule has 10 aromatic heterocycles. The fraction of sp³-hybridized carbons (Fsp3) is 0.243. The van der Waals surface area contributed by atoms with E-state index >= 15 is 0 Å². The Labute approximate surface area is 813 Å². The van der Waals surface area contributed by atoms with Crippen molar-refractivity contribution in [3.05, 3.63) is 294 Å². The van der Waals surface area contributed by atoms with E-state index in [0.29, 0.717) is 24.2 Å². The number of H-pyrrole nitrogens is 1. The number of hydrazine groups is 1. The van der Waals surface area contributed by atoms with Crippen molar-refractivity contribution in [3.63, 3.8) is 0 Å². The summed E-state index contributed by atoms with van der Waals surface area (Å²) in [6, 6.07) is 76.2. The molecule has 11 heterocycles. The molecule has 1 saturated carbocycles. The van der Waals surface area contributed by atoms with Crippen molar-refractivity contribution in [1.29, 1.82) is 0 Å². The van der Waals surface area contributed by atoms with Crippen LogP contribution in [0, 0.1) is 6.92 Å². The third-order valence-electron chi connectivity index (χ3n) is 24.5. The SMILES string of the molecule is CP(C)(=O)c1ccc(CNc2cc(NC3CCCC3)c3cscc3n2)cc1.CP(C)(=O)c1ccc(Nc2cc(-c3ccoc3)c3c(n2)CCCC3)cc1.CP(C)(=O)c1ccc(Nc2cc(NN3CCCC3)c3c(ccc4ccccc43)n2)cc1.CP(C)(=O)c1ccc(Nc2nc3ccccc3c3nc(CO)[nH]c23)cc1.Cc1cc2nc(Nc3ccc(P(C)(C)=O)cc3)cc(Nc3cccnc3)c2s1. The molecule has 3 aliphatic rings. The summed E-state index contributed by atoms with van der Waals surface area (Å²) in [6.45, 7) is 22.5. The second-order valence-electron chi connectivity index (χ2n) is 37.1.